The van der Waals surface area contributed by atoms with Crippen LogP contribution in [0, 0.1) is 5.92 Å². The smallest absolute Gasteiger partial charge is 0.282 e. The van der Waals surface area contributed by atoms with Crippen molar-refractivity contribution in [1.29, 1.82) is 0 Å². The molecule has 1 fully saturated rings. The summed E-state index contributed by atoms with van der Waals surface area (Å²) in [6.07, 6.45) is 3.44. The van der Waals surface area contributed by atoms with Gasteiger partial charge in [0.15, 0.2) is 0 Å². The van der Waals surface area contributed by atoms with Gasteiger partial charge in [0.25, 0.3) is 5.91 Å². The zero-order valence-electron chi connectivity index (χ0n) is 8.36. The van der Waals surface area contributed by atoms with E-state index in [1.54, 1.807) is 0 Å². The summed E-state index contributed by atoms with van der Waals surface area (Å²) in [5.74, 6) is 0.505. The fourth-order valence-electron chi connectivity index (χ4n) is 1.64. The lowest BCUT2D eigenvalue weighted by Crippen LogP contribution is -2.26. The van der Waals surface area contributed by atoms with Crippen molar-refractivity contribution in [2.75, 3.05) is 0 Å². The van der Waals surface area contributed by atoms with Gasteiger partial charge >= 0.3 is 0 Å². The van der Waals surface area contributed by atoms with Gasteiger partial charge in [0, 0.05) is 6.04 Å². The monoisotopic (exact) mass is 245 g/mol. The molecule has 15 heavy (non-hydrogen) atoms. The molecule has 0 aliphatic heterocycles. The van der Waals surface area contributed by atoms with Gasteiger partial charge < -0.3 is 5.32 Å². The number of carbonyl (C=O) groups excluding carboxylic acids is 1. The van der Waals surface area contributed by atoms with Crippen molar-refractivity contribution in [1.82, 2.24) is 15.5 Å². The summed E-state index contributed by atoms with van der Waals surface area (Å²) in [7, 11) is 0. The van der Waals surface area contributed by atoms with E-state index in [2.05, 4.69) is 22.4 Å². The molecule has 2 rings (SSSR count). The Balaban J connectivity index is 1.84. The minimum Gasteiger partial charge on any atom is -0.347 e. The van der Waals surface area contributed by atoms with Crippen LogP contribution in [0.3, 0.4) is 0 Å². The van der Waals surface area contributed by atoms with Gasteiger partial charge in [0.05, 0.1) is 0 Å². The summed E-state index contributed by atoms with van der Waals surface area (Å²) in [6.45, 7) is 2.15. The molecule has 1 N–H and O–H groups in total. The van der Waals surface area contributed by atoms with Crippen molar-refractivity contribution < 1.29 is 4.79 Å². The van der Waals surface area contributed by atoms with Gasteiger partial charge in [0.2, 0.25) is 9.47 Å². The number of amides is 1. The predicted molar refractivity (Wildman–Crippen MR) is 59.2 cm³/mol. The number of aromatic nitrogens is 2. The van der Waals surface area contributed by atoms with Crippen LogP contribution in [0.4, 0.5) is 0 Å². The Morgan fingerprint density at radius 3 is 3.07 bits per heavy atom. The van der Waals surface area contributed by atoms with Crippen molar-refractivity contribution in [2.24, 2.45) is 5.92 Å². The average Bonchev–Trinajstić information content (AvgIpc) is 2.76. The maximum Gasteiger partial charge on any atom is 0.282 e. The van der Waals surface area contributed by atoms with Crippen molar-refractivity contribution in [2.45, 2.75) is 32.2 Å². The lowest BCUT2D eigenvalue weighted by Gasteiger charge is -2.00. The van der Waals surface area contributed by atoms with E-state index in [9.17, 15) is 4.79 Å². The van der Waals surface area contributed by atoms with Crippen LogP contribution in [0.25, 0.3) is 0 Å². The molecule has 82 valence electrons. The number of carbonyl (C=O) groups is 1. The lowest BCUT2D eigenvalue weighted by molar-refractivity contribution is 0.0947. The van der Waals surface area contributed by atoms with E-state index in [0.29, 0.717) is 21.4 Å². The molecule has 0 bridgehead atoms. The zero-order valence-corrected chi connectivity index (χ0v) is 9.94. The minimum atomic E-state index is -0.150. The van der Waals surface area contributed by atoms with Gasteiger partial charge in [-0.3, -0.25) is 4.79 Å². The molecule has 0 radical (unpaired) electrons. The Morgan fingerprint density at radius 2 is 2.47 bits per heavy atom. The first-order chi connectivity index (χ1) is 7.20. The molecule has 1 heterocycles. The first-order valence-electron chi connectivity index (χ1n) is 5.00. The third-order valence-corrected chi connectivity index (χ3v) is 3.51. The van der Waals surface area contributed by atoms with E-state index in [-0.39, 0.29) is 5.91 Å². The number of nitrogens with one attached hydrogen (secondary N) is 1. The van der Waals surface area contributed by atoms with Crippen molar-refractivity contribution >= 4 is 28.8 Å². The molecule has 2 atom stereocenters. The largest absolute Gasteiger partial charge is 0.347 e. The average molecular weight is 246 g/mol. The van der Waals surface area contributed by atoms with Gasteiger partial charge in [-0.15, -0.1) is 10.2 Å². The van der Waals surface area contributed by atoms with Crippen LogP contribution in [0.5, 0.6) is 0 Å². The molecular formula is C9H12ClN3OS. The fourth-order valence-corrected chi connectivity index (χ4v) is 2.37. The van der Waals surface area contributed by atoms with E-state index in [1.807, 2.05) is 0 Å². The van der Waals surface area contributed by atoms with Crippen LogP contribution < -0.4 is 5.32 Å². The van der Waals surface area contributed by atoms with Crippen molar-refractivity contribution in [3.63, 3.8) is 0 Å². The Hall–Kier alpha value is -0.680. The molecule has 1 aromatic heterocycles. The second-order valence-corrected chi connectivity index (χ2v) is 5.28. The van der Waals surface area contributed by atoms with Crippen LogP contribution in [0.15, 0.2) is 0 Å². The standard InChI is InChI=1S/C9H12ClN3OS/c1-2-3-5-4-6(5)11-7(14)8-12-13-9(10)15-8/h5-6H,2-4H2,1H3,(H,11,14). The molecule has 1 aliphatic rings. The van der Waals surface area contributed by atoms with Crippen LogP contribution >= 0.6 is 22.9 Å². The number of rotatable bonds is 4. The summed E-state index contributed by atoms with van der Waals surface area (Å²) in [5.41, 5.74) is 0. The molecule has 0 spiro atoms. The predicted octanol–water partition coefficient (Wildman–Crippen LogP) is 2.11. The summed E-state index contributed by atoms with van der Waals surface area (Å²) in [4.78, 5) is 11.6. The molecule has 1 amide bonds. The number of hydrogen-bond donors (Lipinski definition) is 1. The molecule has 1 aromatic rings. The van der Waals surface area contributed by atoms with Gasteiger partial charge in [-0.2, -0.15) is 0 Å². The second-order valence-electron chi connectivity index (χ2n) is 3.72. The number of nitrogens with zero attached hydrogens (tertiary/aromatic N) is 2. The van der Waals surface area contributed by atoms with E-state index >= 15 is 0 Å². The molecule has 0 aromatic carbocycles. The molecular weight excluding hydrogens is 234 g/mol. The topological polar surface area (TPSA) is 54.9 Å². The second kappa shape index (κ2) is 4.45. The van der Waals surface area contributed by atoms with Crippen molar-refractivity contribution in [3.8, 4) is 0 Å². The maximum atomic E-state index is 11.6. The summed E-state index contributed by atoms with van der Waals surface area (Å²) in [6, 6.07) is 0.333. The highest BCUT2D eigenvalue weighted by Crippen LogP contribution is 2.34. The van der Waals surface area contributed by atoms with Gasteiger partial charge in [0.1, 0.15) is 0 Å². The summed E-state index contributed by atoms with van der Waals surface area (Å²) in [5, 5.41) is 10.6. The number of halogens is 1. The van der Waals surface area contributed by atoms with E-state index in [0.717, 1.165) is 17.8 Å². The molecule has 1 aliphatic carbocycles. The van der Waals surface area contributed by atoms with E-state index in [1.165, 1.54) is 12.8 Å². The molecule has 6 heteroatoms. The van der Waals surface area contributed by atoms with Gasteiger partial charge in [-0.25, -0.2) is 0 Å². The molecule has 0 saturated heterocycles. The third-order valence-electron chi connectivity index (χ3n) is 2.49. The normalized spacial score (nSPS) is 23.9. The van der Waals surface area contributed by atoms with Gasteiger partial charge in [-0.05, 0) is 30.4 Å². The molecule has 2 unspecified atom stereocenters. The van der Waals surface area contributed by atoms with E-state index in [4.69, 9.17) is 11.6 Å². The highest BCUT2D eigenvalue weighted by molar-refractivity contribution is 7.17. The highest BCUT2D eigenvalue weighted by atomic mass is 35.5. The molecule has 1 saturated carbocycles. The van der Waals surface area contributed by atoms with Crippen LogP contribution in [-0.2, 0) is 0 Å². The Kier molecular flexibility index (Phi) is 3.21. The first kappa shape index (κ1) is 10.8. The van der Waals surface area contributed by atoms with Crippen molar-refractivity contribution in [3.05, 3.63) is 9.47 Å². The minimum absolute atomic E-state index is 0.150. The summed E-state index contributed by atoms with van der Waals surface area (Å²) >= 11 is 6.71. The Morgan fingerprint density at radius 1 is 1.67 bits per heavy atom. The van der Waals surface area contributed by atoms with Crippen LogP contribution in [0.2, 0.25) is 4.47 Å². The Bertz CT molecular complexity index is 368. The highest BCUT2D eigenvalue weighted by Gasteiger charge is 2.37. The van der Waals surface area contributed by atoms with E-state index < -0.39 is 0 Å². The van der Waals surface area contributed by atoms with Crippen LogP contribution in [0.1, 0.15) is 36.0 Å². The maximum absolute atomic E-state index is 11.6. The first-order valence-corrected chi connectivity index (χ1v) is 6.20. The Labute approximate surface area is 97.0 Å². The zero-order chi connectivity index (χ0) is 10.8. The third kappa shape index (κ3) is 2.66. The lowest BCUT2D eigenvalue weighted by atomic mass is 10.2. The SMILES string of the molecule is CCCC1CC1NC(=O)c1nnc(Cl)s1. The summed E-state index contributed by atoms with van der Waals surface area (Å²) < 4.78 is 0.307. The number of hydrogen-bond acceptors (Lipinski definition) is 4. The molecule has 4 nitrogen and oxygen atoms in total. The quantitative estimate of drug-likeness (QED) is 0.884. The fraction of sp³-hybridized carbons (Fsp3) is 0.667. The van der Waals surface area contributed by atoms with Gasteiger partial charge in [-0.1, -0.05) is 24.7 Å². The van der Waals surface area contributed by atoms with Crippen LogP contribution in [-0.4, -0.2) is 22.1 Å².